The first-order valence-corrected chi connectivity index (χ1v) is 8.17. The lowest BCUT2D eigenvalue weighted by atomic mass is 10.0. The fraction of sp³-hybridized carbons (Fsp3) is 0.533. The molecule has 0 radical (unpaired) electrons. The molecule has 3 heterocycles. The predicted molar refractivity (Wildman–Crippen MR) is 85.3 cm³/mol. The molecule has 1 saturated heterocycles. The molecule has 21 heavy (non-hydrogen) atoms. The van der Waals surface area contributed by atoms with Crippen LogP contribution in [-0.4, -0.2) is 46.0 Å². The maximum Gasteiger partial charge on any atom is 0.113 e. The lowest BCUT2D eigenvalue weighted by molar-refractivity contribution is 0.102. The number of aryl methyl sites for hydroxylation is 1. The van der Waals surface area contributed by atoms with Gasteiger partial charge in [-0.1, -0.05) is 0 Å². The summed E-state index contributed by atoms with van der Waals surface area (Å²) in [6.07, 6.45) is 3.44. The molecule has 5 nitrogen and oxygen atoms in total. The van der Waals surface area contributed by atoms with Gasteiger partial charge in [0.1, 0.15) is 16.4 Å². The maximum absolute atomic E-state index is 4.84. The summed E-state index contributed by atoms with van der Waals surface area (Å²) in [5.41, 5.74) is 2.70. The minimum absolute atomic E-state index is 0.0405. The molecule has 0 atom stereocenters. The smallest absolute Gasteiger partial charge is 0.113 e. The second-order valence-corrected chi connectivity index (χ2v) is 6.68. The van der Waals surface area contributed by atoms with Gasteiger partial charge in [-0.25, -0.2) is 4.98 Å². The zero-order valence-corrected chi connectivity index (χ0v) is 13.6. The molecule has 0 aliphatic carbocycles. The first kappa shape index (κ1) is 14.6. The van der Waals surface area contributed by atoms with Gasteiger partial charge in [0.25, 0.3) is 0 Å². The third-order valence-electron chi connectivity index (χ3n) is 4.06. The zero-order valence-electron chi connectivity index (χ0n) is 12.8. The van der Waals surface area contributed by atoms with Crippen molar-refractivity contribution in [3.8, 4) is 11.4 Å². The molecule has 1 fully saturated rings. The van der Waals surface area contributed by atoms with E-state index in [1.54, 1.807) is 23.7 Å². The van der Waals surface area contributed by atoms with E-state index < -0.39 is 0 Å². The van der Waals surface area contributed by atoms with Gasteiger partial charge in [-0.3, -0.25) is 14.9 Å². The third-order valence-corrected chi connectivity index (χ3v) is 5.21. The number of nitrogens with one attached hydrogen (secondary N) is 1. The van der Waals surface area contributed by atoms with Crippen LogP contribution in [-0.2, 0) is 5.54 Å². The highest BCUT2D eigenvalue weighted by molar-refractivity contribution is 7.10. The Morgan fingerprint density at radius 2 is 1.90 bits per heavy atom. The summed E-state index contributed by atoms with van der Waals surface area (Å²) in [5, 5.41) is 6.64. The molecule has 2 aromatic rings. The maximum atomic E-state index is 4.84. The number of hydrogen-bond acceptors (Lipinski definition) is 6. The first-order valence-electron chi connectivity index (χ1n) is 7.29. The second kappa shape index (κ2) is 5.79. The molecule has 2 aromatic heterocycles. The molecular formula is C15H21N5S. The molecular weight excluding hydrogens is 282 g/mol. The quantitative estimate of drug-likeness (QED) is 0.940. The highest BCUT2D eigenvalue weighted by Gasteiger charge is 2.32. The van der Waals surface area contributed by atoms with Gasteiger partial charge < -0.3 is 5.32 Å². The Morgan fingerprint density at radius 1 is 1.19 bits per heavy atom. The third kappa shape index (κ3) is 2.84. The van der Waals surface area contributed by atoms with Crippen molar-refractivity contribution >= 4 is 11.3 Å². The average molecular weight is 303 g/mol. The summed E-state index contributed by atoms with van der Waals surface area (Å²) >= 11 is 1.71. The van der Waals surface area contributed by atoms with Gasteiger partial charge in [-0.05, 0) is 20.8 Å². The van der Waals surface area contributed by atoms with E-state index in [0.29, 0.717) is 0 Å². The van der Waals surface area contributed by atoms with Gasteiger partial charge in [0.15, 0.2) is 0 Å². The molecule has 112 valence electrons. The Labute approximate surface area is 129 Å². The molecule has 0 spiro atoms. The molecule has 0 unspecified atom stereocenters. The normalized spacial score (nSPS) is 17.1. The van der Waals surface area contributed by atoms with Crippen LogP contribution in [0, 0.1) is 6.92 Å². The largest absolute Gasteiger partial charge is 0.314 e. The van der Waals surface area contributed by atoms with E-state index in [9.17, 15) is 0 Å². The lowest BCUT2D eigenvalue weighted by Crippen LogP contribution is -2.51. The van der Waals surface area contributed by atoms with Crippen LogP contribution >= 0.6 is 11.3 Å². The predicted octanol–water partition coefficient (Wildman–Crippen LogP) is 2.05. The number of hydrogen-bond donors (Lipinski definition) is 1. The van der Waals surface area contributed by atoms with E-state index in [1.165, 1.54) is 0 Å². The van der Waals surface area contributed by atoms with Crippen LogP contribution in [0.25, 0.3) is 11.4 Å². The van der Waals surface area contributed by atoms with Gasteiger partial charge >= 0.3 is 0 Å². The average Bonchev–Trinajstić information content (AvgIpc) is 2.99. The highest BCUT2D eigenvalue weighted by Crippen LogP contribution is 2.33. The Hall–Kier alpha value is -1.37. The van der Waals surface area contributed by atoms with Crippen molar-refractivity contribution in [2.24, 2.45) is 0 Å². The number of thiazole rings is 1. The molecule has 0 aromatic carbocycles. The van der Waals surface area contributed by atoms with Gasteiger partial charge in [0.05, 0.1) is 11.2 Å². The van der Waals surface area contributed by atoms with Gasteiger partial charge in [0, 0.05) is 44.0 Å². The minimum atomic E-state index is -0.0405. The fourth-order valence-corrected chi connectivity index (χ4v) is 3.64. The molecule has 3 rings (SSSR count). The van der Waals surface area contributed by atoms with E-state index in [2.05, 4.69) is 39.4 Å². The van der Waals surface area contributed by atoms with Crippen molar-refractivity contribution < 1.29 is 0 Å². The summed E-state index contributed by atoms with van der Waals surface area (Å²) in [6, 6.07) is 0. The van der Waals surface area contributed by atoms with E-state index in [1.807, 2.05) is 6.92 Å². The van der Waals surface area contributed by atoms with Gasteiger partial charge in [-0.2, -0.15) is 0 Å². The van der Waals surface area contributed by atoms with E-state index >= 15 is 0 Å². The van der Waals surface area contributed by atoms with E-state index in [-0.39, 0.29) is 5.54 Å². The van der Waals surface area contributed by atoms with Crippen molar-refractivity contribution in [3.05, 3.63) is 28.5 Å². The fourth-order valence-electron chi connectivity index (χ4n) is 2.68. The molecule has 6 heteroatoms. The Bertz CT molecular complexity index is 616. The van der Waals surface area contributed by atoms with Gasteiger partial charge in [-0.15, -0.1) is 11.3 Å². The summed E-state index contributed by atoms with van der Waals surface area (Å²) in [5.74, 6) is 0. The van der Waals surface area contributed by atoms with Crippen LogP contribution in [0.5, 0.6) is 0 Å². The topological polar surface area (TPSA) is 53.9 Å². The second-order valence-electron chi connectivity index (χ2n) is 5.82. The van der Waals surface area contributed by atoms with Crippen LogP contribution in [0.2, 0.25) is 0 Å². The minimum Gasteiger partial charge on any atom is -0.314 e. The van der Waals surface area contributed by atoms with Crippen LogP contribution in [0.15, 0.2) is 17.8 Å². The lowest BCUT2D eigenvalue weighted by Gasteiger charge is -2.39. The molecule has 0 saturated carbocycles. The molecule has 1 N–H and O–H groups in total. The van der Waals surface area contributed by atoms with Crippen LogP contribution in [0.4, 0.5) is 0 Å². The van der Waals surface area contributed by atoms with Crippen molar-refractivity contribution in [2.45, 2.75) is 26.3 Å². The van der Waals surface area contributed by atoms with Crippen LogP contribution < -0.4 is 5.32 Å². The molecule has 1 aliphatic heterocycles. The molecule has 0 amide bonds. The van der Waals surface area contributed by atoms with E-state index in [4.69, 9.17) is 4.98 Å². The highest BCUT2D eigenvalue weighted by atomic mass is 32.1. The van der Waals surface area contributed by atoms with Crippen molar-refractivity contribution in [2.75, 3.05) is 26.2 Å². The number of nitrogens with zero attached hydrogens (tertiary/aromatic N) is 4. The monoisotopic (exact) mass is 303 g/mol. The summed E-state index contributed by atoms with van der Waals surface area (Å²) in [6.45, 7) is 10.7. The summed E-state index contributed by atoms with van der Waals surface area (Å²) in [4.78, 5) is 16.1. The van der Waals surface area contributed by atoms with Crippen molar-refractivity contribution in [1.29, 1.82) is 0 Å². The Morgan fingerprint density at radius 3 is 2.62 bits per heavy atom. The van der Waals surface area contributed by atoms with Gasteiger partial charge in [0.2, 0.25) is 0 Å². The van der Waals surface area contributed by atoms with Crippen LogP contribution in [0.3, 0.4) is 0 Å². The van der Waals surface area contributed by atoms with Crippen molar-refractivity contribution in [1.82, 2.24) is 25.2 Å². The summed E-state index contributed by atoms with van der Waals surface area (Å²) < 4.78 is 0. The number of aromatic nitrogens is 3. The standard InChI is InChI=1S/C15H21N5S/c1-11-13(18-5-4-17-11)12-10-21-14(19-12)15(2,3)20-8-6-16-7-9-20/h4-5,10,16H,6-9H2,1-3H3. The SMILES string of the molecule is Cc1nccnc1-c1csc(C(C)(C)N2CCNCC2)n1. The van der Waals surface area contributed by atoms with Crippen LogP contribution in [0.1, 0.15) is 24.5 Å². The Balaban J connectivity index is 1.89. The van der Waals surface area contributed by atoms with Crippen molar-refractivity contribution in [3.63, 3.8) is 0 Å². The number of piperazine rings is 1. The van der Waals surface area contributed by atoms with E-state index in [0.717, 1.165) is 48.3 Å². The molecule has 0 bridgehead atoms. The summed E-state index contributed by atoms with van der Waals surface area (Å²) in [7, 11) is 0. The molecule has 1 aliphatic rings. The number of rotatable bonds is 3. The first-order chi connectivity index (χ1) is 10.1. The zero-order chi connectivity index (χ0) is 14.9. The Kier molecular flexibility index (Phi) is 4.01.